The number of hydrogen-bond donors (Lipinski definition) is 2. The molecule has 0 aromatic rings. The van der Waals surface area contributed by atoms with Gasteiger partial charge in [0.2, 0.25) is 0 Å². The molecular weight excluding hydrogens is 216 g/mol. The van der Waals surface area contributed by atoms with Crippen LogP contribution in [0.1, 0.15) is 0 Å². The van der Waals surface area contributed by atoms with Gasteiger partial charge in [-0.3, -0.25) is 4.55 Å². The lowest BCUT2D eigenvalue weighted by Gasteiger charge is -2.03. The van der Waals surface area contributed by atoms with Crippen LogP contribution in [0.25, 0.3) is 0 Å². The van der Waals surface area contributed by atoms with E-state index in [4.69, 9.17) is 19.1 Å². The summed E-state index contributed by atoms with van der Waals surface area (Å²) < 4.78 is 41.9. The molecule has 0 heterocycles. The maximum Gasteiger partial charge on any atom is 0.397 e. The number of aliphatic hydroxyl groups is 1. The average molecular weight is 230 g/mol. The van der Waals surface area contributed by atoms with Crippen molar-refractivity contribution < 1.29 is 31.7 Å². The van der Waals surface area contributed by atoms with Crippen molar-refractivity contribution in [2.24, 2.45) is 0 Å². The molecular formula is C6H14O7S. The van der Waals surface area contributed by atoms with E-state index in [-0.39, 0.29) is 33.0 Å². The molecule has 0 rings (SSSR count). The molecule has 0 aromatic heterocycles. The summed E-state index contributed by atoms with van der Waals surface area (Å²) in [5, 5.41) is 8.32. The van der Waals surface area contributed by atoms with Crippen molar-refractivity contribution in [3.8, 4) is 0 Å². The molecule has 0 amide bonds. The summed E-state index contributed by atoms with van der Waals surface area (Å²) >= 11 is 0. The third-order valence-electron chi connectivity index (χ3n) is 1.07. The Kier molecular flexibility index (Phi) is 7.95. The zero-order valence-electron chi connectivity index (χ0n) is 7.59. The van der Waals surface area contributed by atoms with E-state index < -0.39 is 10.4 Å². The Morgan fingerprint density at radius 2 is 1.43 bits per heavy atom. The van der Waals surface area contributed by atoms with Crippen molar-refractivity contribution in [1.29, 1.82) is 0 Å². The van der Waals surface area contributed by atoms with Gasteiger partial charge in [0.05, 0.1) is 39.6 Å². The van der Waals surface area contributed by atoms with Crippen molar-refractivity contribution >= 4 is 10.4 Å². The van der Waals surface area contributed by atoms with Crippen LogP contribution in [-0.4, -0.2) is 57.7 Å². The second-order valence-corrected chi connectivity index (χ2v) is 3.29. The number of aliphatic hydroxyl groups excluding tert-OH is 1. The number of ether oxygens (including phenoxy) is 2. The summed E-state index contributed by atoms with van der Waals surface area (Å²) in [4.78, 5) is 0. The topological polar surface area (TPSA) is 102 Å². The zero-order valence-corrected chi connectivity index (χ0v) is 8.40. The maximum atomic E-state index is 10.0. The first kappa shape index (κ1) is 13.8. The van der Waals surface area contributed by atoms with E-state index >= 15 is 0 Å². The van der Waals surface area contributed by atoms with Gasteiger partial charge in [0.1, 0.15) is 0 Å². The molecule has 0 aliphatic rings. The molecule has 86 valence electrons. The lowest BCUT2D eigenvalue weighted by molar-refractivity contribution is 0.0243. The van der Waals surface area contributed by atoms with Crippen LogP contribution in [0.5, 0.6) is 0 Å². The van der Waals surface area contributed by atoms with Crippen LogP contribution in [0.15, 0.2) is 0 Å². The van der Waals surface area contributed by atoms with E-state index in [1.54, 1.807) is 0 Å². The minimum Gasteiger partial charge on any atom is -0.394 e. The summed E-state index contributed by atoms with van der Waals surface area (Å²) in [6.07, 6.45) is 0. The van der Waals surface area contributed by atoms with Crippen LogP contribution < -0.4 is 0 Å². The predicted molar refractivity (Wildman–Crippen MR) is 46.2 cm³/mol. The van der Waals surface area contributed by atoms with E-state index in [0.717, 1.165) is 0 Å². The number of hydrogen-bond acceptors (Lipinski definition) is 6. The van der Waals surface area contributed by atoms with Gasteiger partial charge >= 0.3 is 10.4 Å². The lowest BCUT2D eigenvalue weighted by Crippen LogP contribution is -2.13. The van der Waals surface area contributed by atoms with Gasteiger partial charge in [0.25, 0.3) is 0 Å². The molecule has 0 unspecified atom stereocenters. The molecule has 0 atom stereocenters. The zero-order chi connectivity index (χ0) is 10.9. The van der Waals surface area contributed by atoms with Gasteiger partial charge in [0.15, 0.2) is 0 Å². The van der Waals surface area contributed by atoms with E-state index in [1.165, 1.54) is 0 Å². The number of rotatable bonds is 9. The van der Waals surface area contributed by atoms with Crippen molar-refractivity contribution in [2.45, 2.75) is 0 Å². The van der Waals surface area contributed by atoms with Gasteiger partial charge in [-0.15, -0.1) is 0 Å². The van der Waals surface area contributed by atoms with Crippen LogP contribution >= 0.6 is 0 Å². The van der Waals surface area contributed by atoms with Crippen LogP contribution in [0.4, 0.5) is 0 Å². The molecule has 0 radical (unpaired) electrons. The highest BCUT2D eigenvalue weighted by molar-refractivity contribution is 7.80. The second-order valence-electron chi connectivity index (χ2n) is 2.20. The molecule has 14 heavy (non-hydrogen) atoms. The average Bonchev–Trinajstić information content (AvgIpc) is 2.08. The van der Waals surface area contributed by atoms with Crippen molar-refractivity contribution in [2.75, 3.05) is 39.6 Å². The maximum absolute atomic E-state index is 10.0. The standard InChI is InChI=1S/C6H14O7S/c7-1-2-11-3-4-12-5-6-13-14(8,9)10/h7H,1-6H2,(H,8,9,10). The second kappa shape index (κ2) is 8.09. The highest BCUT2D eigenvalue weighted by Crippen LogP contribution is 1.86. The summed E-state index contributed by atoms with van der Waals surface area (Å²) in [6, 6.07) is 0. The first-order valence-corrected chi connectivity index (χ1v) is 5.31. The van der Waals surface area contributed by atoms with Crippen molar-refractivity contribution in [3.05, 3.63) is 0 Å². The quantitative estimate of drug-likeness (QED) is 0.380. The molecule has 0 aliphatic carbocycles. The van der Waals surface area contributed by atoms with Crippen LogP contribution in [0, 0.1) is 0 Å². The Labute approximate surface area is 82.5 Å². The molecule has 0 bridgehead atoms. The van der Waals surface area contributed by atoms with E-state index in [0.29, 0.717) is 6.61 Å². The van der Waals surface area contributed by atoms with Crippen molar-refractivity contribution in [3.63, 3.8) is 0 Å². The molecule has 0 aliphatic heterocycles. The first-order valence-electron chi connectivity index (χ1n) is 3.94. The minimum atomic E-state index is -4.37. The highest BCUT2D eigenvalue weighted by atomic mass is 32.3. The molecule has 0 fully saturated rings. The van der Waals surface area contributed by atoms with Gasteiger partial charge in [-0.1, -0.05) is 0 Å². The van der Waals surface area contributed by atoms with Crippen LogP contribution in [0.3, 0.4) is 0 Å². The Bertz CT molecular complexity index is 212. The normalized spacial score (nSPS) is 11.9. The van der Waals surface area contributed by atoms with Crippen LogP contribution in [0.2, 0.25) is 0 Å². The Hall–Kier alpha value is -0.250. The Morgan fingerprint density at radius 1 is 0.929 bits per heavy atom. The molecule has 7 nitrogen and oxygen atoms in total. The third-order valence-corrected chi connectivity index (χ3v) is 1.53. The Balaban J connectivity index is 3.07. The molecule has 0 saturated heterocycles. The molecule has 0 spiro atoms. The van der Waals surface area contributed by atoms with Gasteiger partial charge < -0.3 is 14.6 Å². The first-order chi connectivity index (χ1) is 6.56. The fraction of sp³-hybridized carbons (Fsp3) is 1.00. The lowest BCUT2D eigenvalue weighted by atomic mass is 10.7. The minimum absolute atomic E-state index is 0.0439. The monoisotopic (exact) mass is 230 g/mol. The van der Waals surface area contributed by atoms with Gasteiger partial charge in [-0.05, 0) is 0 Å². The smallest absolute Gasteiger partial charge is 0.394 e. The molecule has 2 N–H and O–H groups in total. The molecule has 0 aromatic carbocycles. The van der Waals surface area contributed by atoms with E-state index in [1.807, 2.05) is 0 Å². The van der Waals surface area contributed by atoms with Crippen LogP contribution in [-0.2, 0) is 24.1 Å². The SMILES string of the molecule is O=S(=O)(O)OCCOCCOCCO. The molecule has 0 saturated carbocycles. The van der Waals surface area contributed by atoms with Gasteiger partial charge in [-0.25, -0.2) is 4.18 Å². The van der Waals surface area contributed by atoms with Gasteiger partial charge in [0, 0.05) is 0 Å². The summed E-state index contributed by atoms with van der Waals surface area (Å²) in [7, 11) is -4.37. The summed E-state index contributed by atoms with van der Waals surface area (Å²) in [5.74, 6) is 0. The van der Waals surface area contributed by atoms with Gasteiger partial charge in [-0.2, -0.15) is 8.42 Å². The predicted octanol–water partition coefficient (Wildman–Crippen LogP) is -1.17. The molecule has 8 heteroatoms. The van der Waals surface area contributed by atoms with Crippen molar-refractivity contribution in [1.82, 2.24) is 0 Å². The fourth-order valence-corrected chi connectivity index (χ4v) is 0.863. The van der Waals surface area contributed by atoms with E-state index in [9.17, 15) is 8.42 Å². The van der Waals surface area contributed by atoms with E-state index in [2.05, 4.69) is 4.18 Å². The highest BCUT2D eigenvalue weighted by Gasteiger charge is 2.02. The fourth-order valence-electron chi connectivity index (χ4n) is 0.585. The Morgan fingerprint density at radius 3 is 1.93 bits per heavy atom. The third kappa shape index (κ3) is 11.8. The summed E-state index contributed by atoms with van der Waals surface area (Å²) in [5.41, 5.74) is 0. The summed E-state index contributed by atoms with van der Waals surface area (Å²) in [6.45, 7) is 0.582. The largest absolute Gasteiger partial charge is 0.397 e.